The first-order chi connectivity index (χ1) is 23.3. The fourth-order valence-electron chi connectivity index (χ4n) is 5.39. The van der Waals surface area contributed by atoms with Crippen LogP contribution in [0.2, 0.25) is 0 Å². The van der Waals surface area contributed by atoms with Gasteiger partial charge in [0.15, 0.2) is 6.10 Å². The van der Waals surface area contributed by atoms with E-state index in [4.69, 9.17) is 14.0 Å². The first-order valence-corrected chi connectivity index (χ1v) is 21.0. The summed E-state index contributed by atoms with van der Waals surface area (Å²) >= 11 is 0. The Bertz CT molecular complexity index is 844. The molecule has 9 heteroatoms. The second-order valence-corrected chi connectivity index (χ2v) is 14.6. The number of carbonyl (C=O) groups excluding carboxylic acids is 2. The highest BCUT2D eigenvalue weighted by atomic mass is 31.2. The number of ether oxygens (including phenoxy) is 2. The molecule has 0 spiro atoms. The Kier molecular flexibility index (Phi) is 34.3. The van der Waals surface area contributed by atoms with E-state index in [1.165, 1.54) is 96.3 Å². The third kappa shape index (κ3) is 34.4. The average molecular weight is 701 g/mol. The molecule has 2 unspecified atom stereocenters. The number of unbranched alkanes of at least 4 members (excludes halogenated alkanes) is 21. The van der Waals surface area contributed by atoms with Crippen LogP contribution < -0.4 is 0 Å². The highest BCUT2D eigenvalue weighted by molar-refractivity contribution is 7.47. The Hall–Kier alpha value is -1.47. The van der Waals surface area contributed by atoms with E-state index in [2.05, 4.69) is 42.7 Å². The molecule has 8 nitrogen and oxygen atoms in total. The molecule has 0 aliphatic heterocycles. The minimum Gasteiger partial charge on any atom is -0.462 e. The maximum absolute atomic E-state index is 12.4. The lowest BCUT2D eigenvalue weighted by Gasteiger charge is -2.19. The van der Waals surface area contributed by atoms with Crippen molar-refractivity contribution in [2.24, 2.45) is 0 Å². The van der Waals surface area contributed by atoms with Gasteiger partial charge in [0.05, 0.1) is 6.61 Å². The van der Waals surface area contributed by atoms with Crippen molar-refractivity contribution in [1.29, 1.82) is 0 Å². The number of esters is 2. The Morgan fingerprint density at radius 1 is 0.583 bits per heavy atom. The summed E-state index contributed by atoms with van der Waals surface area (Å²) < 4.78 is 31.9. The molecule has 0 rings (SSSR count). The average Bonchev–Trinajstić information content (AvgIpc) is 3.07. The van der Waals surface area contributed by atoms with Gasteiger partial charge in [-0.05, 0) is 44.9 Å². The van der Waals surface area contributed by atoms with Crippen LogP contribution in [0.15, 0.2) is 24.3 Å². The summed E-state index contributed by atoms with van der Waals surface area (Å²) in [6, 6.07) is 0. The van der Waals surface area contributed by atoms with Crippen molar-refractivity contribution in [2.45, 2.75) is 193 Å². The predicted molar refractivity (Wildman–Crippen MR) is 198 cm³/mol. The van der Waals surface area contributed by atoms with Gasteiger partial charge in [-0.3, -0.25) is 18.6 Å². The summed E-state index contributed by atoms with van der Waals surface area (Å²) in [6.45, 7) is 3.85. The van der Waals surface area contributed by atoms with Gasteiger partial charge in [-0.25, -0.2) is 4.57 Å². The molecule has 0 saturated heterocycles. The first-order valence-electron chi connectivity index (χ1n) is 19.5. The third-order valence-electron chi connectivity index (χ3n) is 8.45. The fourth-order valence-corrected chi connectivity index (χ4v) is 5.85. The molecule has 0 amide bonds. The standard InChI is InChI=1S/C39H73O8P/c1-4-6-8-10-12-14-16-18-20-22-24-26-28-30-32-34-39(41)47-37(36-46-48(42,43)44-3)35-45-38(40)33-31-29-27-25-23-21-19-17-15-13-11-9-7-5-2/h12,14,18,20,37H,4-11,13,15-17,19,21-36H2,1-3H3,(H,42,43)/b14-12-,20-18-. The summed E-state index contributed by atoms with van der Waals surface area (Å²) in [6.07, 6.45) is 37.9. The highest BCUT2D eigenvalue weighted by Crippen LogP contribution is 2.42. The van der Waals surface area contributed by atoms with Crippen LogP contribution >= 0.6 is 7.82 Å². The van der Waals surface area contributed by atoms with Crippen LogP contribution in [-0.4, -0.2) is 43.3 Å². The maximum Gasteiger partial charge on any atom is 0.472 e. The molecule has 0 bridgehead atoms. The normalized spacial score (nSPS) is 13.7. The van der Waals surface area contributed by atoms with Crippen molar-refractivity contribution in [1.82, 2.24) is 0 Å². The SMILES string of the molecule is CCCCC/C=C\C/C=C\CCCCCCCC(=O)OC(COC(=O)CCCCCCCCCCCCCCCC)COP(=O)(O)OC. The summed E-state index contributed by atoms with van der Waals surface area (Å²) in [4.78, 5) is 34.3. The van der Waals surface area contributed by atoms with E-state index in [0.29, 0.717) is 12.8 Å². The predicted octanol–water partition coefficient (Wildman–Crippen LogP) is 11.9. The molecule has 48 heavy (non-hydrogen) atoms. The molecule has 1 N–H and O–H groups in total. The molecule has 0 aliphatic rings. The van der Waals surface area contributed by atoms with E-state index in [1.807, 2.05) is 0 Å². The molecule has 0 fully saturated rings. The van der Waals surface area contributed by atoms with Crippen LogP contribution in [0.3, 0.4) is 0 Å². The van der Waals surface area contributed by atoms with Gasteiger partial charge >= 0.3 is 19.8 Å². The van der Waals surface area contributed by atoms with Crippen LogP contribution in [0.4, 0.5) is 0 Å². The minimum atomic E-state index is -4.26. The van der Waals surface area contributed by atoms with Gasteiger partial charge in [-0.15, -0.1) is 0 Å². The van der Waals surface area contributed by atoms with E-state index in [-0.39, 0.29) is 19.0 Å². The van der Waals surface area contributed by atoms with Gasteiger partial charge < -0.3 is 14.4 Å². The number of hydrogen-bond acceptors (Lipinski definition) is 7. The molecular formula is C39H73O8P. The lowest BCUT2D eigenvalue weighted by molar-refractivity contribution is -0.161. The van der Waals surface area contributed by atoms with E-state index < -0.39 is 26.5 Å². The van der Waals surface area contributed by atoms with E-state index in [0.717, 1.165) is 64.9 Å². The first kappa shape index (κ1) is 46.5. The lowest BCUT2D eigenvalue weighted by atomic mass is 10.0. The van der Waals surface area contributed by atoms with Gasteiger partial charge in [-0.1, -0.05) is 154 Å². The van der Waals surface area contributed by atoms with Gasteiger partial charge in [0, 0.05) is 20.0 Å². The van der Waals surface area contributed by atoms with Crippen molar-refractivity contribution in [2.75, 3.05) is 20.3 Å². The second-order valence-electron chi connectivity index (χ2n) is 13.1. The Labute approximate surface area is 294 Å². The van der Waals surface area contributed by atoms with Crippen molar-refractivity contribution in [3.63, 3.8) is 0 Å². The Balaban J connectivity index is 4.06. The van der Waals surface area contributed by atoms with Crippen LogP contribution in [0.5, 0.6) is 0 Å². The van der Waals surface area contributed by atoms with Crippen molar-refractivity contribution < 1.29 is 37.6 Å². The molecule has 2 atom stereocenters. The molecule has 0 aromatic heterocycles. The monoisotopic (exact) mass is 701 g/mol. The lowest BCUT2D eigenvalue weighted by Crippen LogP contribution is -2.29. The van der Waals surface area contributed by atoms with Crippen molar-refractivity contribution in [3.8, 4) is 0 Å². The third-order valence-corrected chi connectivity index (χ3v) is 9.39. The molecule has 0 aliphatic carbocycles. The number of carbonyl (C=O) groups is 2. The summed E-state index contributed by atoms with van der Waals surface area (Å²) in [5.74, 6) is -0.815. The number of hydrogen-bond donors (Lipinski definition) is 1. The molecule has 0 aromatic carbocycles. The van der Waals surface area contributed by atoms with E-state index in [9.17, 15) is 19.0 Å². The zero-order chi connectivity index (χ0) is 35.4. The summed E-state index contributed by atoms with van der Waals surface area (Å²) in [5, 5.41) is 0. The Morgan fingerprint density at radius 2 is 1.00 bits per heavy atom. The summed E-state index contributed by atoms with van der Waals surface area (Å²) in [7, 11) is -3.20. The van der Waals surface area contributed by atoms with E-state index in [1.54, 1.807) is 0 Å². The molecular weight excluding hydrogens is 627 g/mol. The molecule has 0 aromatic rings. The number of phosphoric ester groups is 1. The minimum absolute atomic E-state index is 0.227. The quantitative estimate of drug-likeness (QED) is 0.0298. The smallest absolute Gasteiger partial charge is 0.462 e. The van der Waals surface area contributed by atoms with Gasteiger partial charge in [-0.2, -0.15) is 0 Å². The molecule has 282 valence electrons. The highest BCUT2D eigenvalue weighted by Gasteiger charge is 2.24. The zero-order valence-corrected chi connectivity index (χ0v) is 32.0. The van der Waals surface area contributed by atoms with Crippen LogP contribution in [0.1, 0.15) is 187 Å². The van der Waals surface area contributed by atoms with Crippen LogP contribution in [-0.2, 0) is 32.7 Å². The number of rotatable bonds is 36. The van der Waals surface area contributed by atoms with Crippen molar-refractivity contribution >= 4 is 19.8 Å². The van der Waals surface area contributed by atoms with Crippen molar-refractivity contribution in [3.05, 3.63) is 24.3 Å². The number of allylic oxidation sites excluding steroid dienone is 4. The summed E-state index contributed by atoms with van der Waals surface area (Å²) in [5.41, 5.74) is 0. The van der Waals surface area contributed by atoms with Gasteiger partial charge in [0.1, 0.15) is 6.61 Å². The van der Waals surface area contributed by atoms with Crippen LogP contribution in [0, 0.1) is 0 Å². The second kappa shape index (κ2) is 35.4. The molecule has 0 saturated carbocycles. The van der Waals surface area contributed by atoms with Gasteiger partial charge in [0.25, 0.3) is 0 Å². The maximum atomic E-state index is 12.4. The molecule has 0 radical (unpaired) electrons. The fraction of sp³-hybridized carbons (Fsp3) is 0.846. The Morgan fingerprint density at radius 3 is 1.50 bits per heavy atom. The van der Waals surface area contributed by atoms with E-state index >= 15 is 0 Å². The number of phosphoric acid groups is 1. The van der Waals surface area contributed by atoms with Crippen LogP contribution in [0.25, 0.3) is 0 Å². The van der Waals surface area contributed by atoms with Gasteiger partial charge in [0.2, 0.25) is 0 Å². The largest absolute Gasteiger partial charge is 0.472 e. The zero-order valence-electron chi connectivity index (χ0n) is 31.1. The molecule has 0 heterocycles. The topological polar surface area (TPSA) is 108 Å².